The van der Waals surface area contributed by atoms with Gasteiger partial charge in [0.05, 0.1) is 20.1 Å². The zero-order valence-electron chi connectivity index (χ0n) is 18.1. The summed E-state index contributed by atoms with van der Waals surface area (Å²) in [6.45, 7) is 1.61. The lowest BCUT2D eigenvalue weighted by atomic mass is 9.93. The summed E-state index contributed by atoms with van der Waals surface area (Å²) < 4.78 is 0. The van der Waals surface area contributed by atoms with Gasteiger partial charge in [-0.15, -0.1) is 0 Å². The number of Topliss-reactive ketones (excluding diaryl/α,β-unsaturated/α-hetero) is 1. The Labute approximate surface area is 217 Å². The first-order chi connectivity index (χ1) is 16.1. The molecule has 5 nitrogen and oxygen atoms in total. The molecule has 4 rings (SSSR count). The number of likely N-dealkylation sites (tertiary alicyclic amines) is 1. The highest BCUT2D eigenvalue weighted by molar-refractivity contribution is 6.42. The average molecular weight is 538 g/mol. The molecule has 1 aliphatic heterocycles. The van der Waals surface area contributed by atoms with Gasteiger partial charge in [0.15, 0.2) is 5.78 Å². The molecule has 2 aromatic rings. The number of carbonyl (C=O) groups excluding carboxylic acids is 3. The van der Waals surface area contributed by atoms with E-state index >= 15 is 0 Å². The first-order valence-electron chi connectivity index (χ1n) is 10.5. The van der Waals surface area contributed by atoms with E-state index in [2.05, 4.69) is 5.32 Å². The number of nitrogens with zero attached hydrogens (tertiary/aromatic N) is 1. The van der Waals surface area contributed by atoms with E-state index in [1.165, 1.54) is 6.92 Å². The number of piperidine rings is 1. The third-order valence-electron chi connectivity index (χ3n) is 5.74. The van der Waals surface area contributed by atoms with Crippen LogP contribution < -0.4 is 5.32 Å². The molecular formula is C25H20Cl4N2O3. The number of nitrogens with one attached hydrogen (secondary N) is 1. The number of ketones is 1. The number of benzene rings is 2. The zero-order valence-corrected chi connectivity index (χ0v) is 21.2. The minimum absolute atomic E-state index is 0.109. The van der Waals surface area contributed by atoms with Gasteiger partial charge in [0, 0.05) is 31.2 Å². The second kappa shape index (κ2) is 9.74. The van der Waals surface area contributed by atoms with Gasteiger partial charge in [-0.3, -0.25) is 14.4 Å². The van der Waals surface area contributed by atoms with Crippen LogP contribution in [0.5, 0.6) is 0 Å². The Hall–Kier alpha value is -2.31. The van der Waals surface area contributed by atoms with E-state index < -0.39 is 5.54 Å². The minimum atomic E-state index is -0.907. The van der Waals surface area contributed by atoms with Gasteiger partial charge < -0.3 is 10.2 Å². The highest BCUT2D eigenvalue weighted by atomic mass is 35.5. The Morgan fingerprint density at radius 1 is 0.853 bits per heavy atom. The molecular weight excluding hydrogens is 518 g/mol. The van der Waals surface area contributed by atoms with E-state index in [0.717, 1.165) is 0 Å². The molecule has 0 aromatic heterocycles. The summed E-state index contributed by atoms with van der Waals surface area (Å²) in [7, 11) is 0. The van der Waals surface area contributed by atoms with Gasteiger partial charge in [-0.1, -0.05) is 58.5 Å². The molecule has 34 heavy (non-hydrogen) atoms. The maximum Gasteiger partial charge on any atom is 0.248 e. The van der Waals surface area contributed by atoms with Crippen molar-refractivity contribution in [3.05, 3.63) is 78.8 Å². The summed E-state index contributed by atoms with van der Waals surface area (Å²) in [6, 6.07) is 10.1. The quantitative estimate of drug-likeness (QED) is 0.497. The van der Waals surface area contributed by atoms with Gasteiger partial charge in [0.1, 0.15) is 5.54 Å². The van der Waals surface area contributed by atoms with E-state index in [0.29, 0.717) is 55.2 Å². The molecule has 0 spiro atoms. The van der Waals surface area contributed by atoms with Crippen LogP contribution in [-0.4, -0.2) is 41.1 Å². The van der Waals surface area contributed by atoms with Crippen molar-refractivity contribution < 1.29 is 14.4 Å². The fraction of sp³-hybridized carbons (Fsp3) is 0.240. The largest absolute Gasteiger partial charge is 0.342 e. The van der Waals surface area contributed by atoms with Crippen molar-refractivity contribution in [3.63, 3.8) is 0 Å². The molecule has 0 atom stereocenters. The summed E-state index contributed by atoms with van der Waals surface area (Å²) in [5, 5.41) is 4.31. The van der Waals surface area contributed by atoms with Gasteiger partial charge in [0.2, 0.25) is 11.8 Å². The third kappa shape index (κ3) is 5.33. The molecule has 176 valence electrons. The molecule has 0 radical (unpaired) electrons. The molecule has 1 heterocycles. The lowest BCUT2D eigenvalue weighted by Crippen LogP contribution is -2.53. The highest BCUT2D eigenvalue weighted by Crippen LogP contribution is 2.39. The number of halogens is 4. The van der Waals surface area contributed by atoms with E-state index in [9.17, 15) is 14.4 Å². The van der Waals surface area contributed by atoms with Gasteiger partial charge >= 0.3 is 0 Å². The van der Waals surface area contributed by atoms with E-state index in [1.54, 1.807) is 53.5 Å². The van der Waals surface area contributed by atoms with Crippen LogP contribution in [0.4, 0.5) is 0 Å². The van der Waals surface area contributed by atoms with Gasteiger partial charge in [-0.05, 0) is 60.4 Å². The molecule has 2 amide bonds. The van der Waals surface area contributed by atoms with Gasteiger partial charge in [-0.2, -0.15) is 0 Å². The molecule has 9 heteroatoms. The number of amides is 2. The molecule has 1 N–H and O–H groups in total. The fourth-order valence-electron chi connectivity index (χ4n) is 3.95. The maximum absolute atomic E-state index is 13.4. The predicted molar refractivity (Wildman–Crippen MR) is 136 cm³/mol. The van der Waals surface area contributed by atoms with Crippen LogP contribution in [0.1, 0.15) is 30.9 Å². The maximum atomic E-state index is 13.4. The molecule has 1 aliphatic carbocycles. The SMILES string of the molecule is CC(=O)NC1(C(=O)N2C/C(=C\c3ccc(Cl)c(Cl)c3)C(=O)/C(=C/c3ccc(Cl)c(Cl)c3)C2)CC1. The van der Waals surface area contributed by atoms with E-state index in [4.69, 9.17) is 46.4 Å². The van der Waals surface area contributed by atoms with Crippen LogP contribution in [0.2, 0.25) is 20.1 Å². The van der Waals surface area contributed by atoms with E-state index in [1.807, 2.05) is 0 Å². The van der Waals surface area contributed by atoms with Crippen molar-refractivity contribution in [2.45, 2.75) is 25.3 Å². The van der Waals surface area contributed by atoms with Crippen molar-refractivity contribution in [2.75, 3.05) is 13.1 Å². The summed E-state index contributed by atoms with van der Waals surface area (Å²) >= 11 is 24.3. The number of rotatable bonds is 4. The molecule has 1 saturated carbocycles. The topological polar surface area (TPSA) is 66.5 Å². The highest BCUT2D eigenvalue weighted by Gasteiger charge is 2.53. The Morgan fingerprint density at radius 2 is 1.32 bits per heavy atom. The number of hydrogen-bond donors (Lipinski definition) is 1. The zero-order chi connectivity index (χ0) is 24.6. The average Bonchev–Trinajstić information content (AvgIpc) is 3.55. The number of hydrogen-bond acceptors (Lipinski definition) is 3. The predicted octanol–water partition coefficient (Wildman–Crippen LogP) is 5.85. The van der Waals surface area contributed by atoms with Gasteiger partial charge in [0.25, 0.3) is 0 Å². The number of carbonyl (C=O) groups is 3. The molecule has 0 bridgehead atoms. The smallest absolute Gasteiger partial charge is 0.248 e. The summed E-state index contributed by atoms with van der Waals surface area (Å²) in [5.74, 6) is -0.669. The van der Waals surface area contributed by atoms with Crippen molar-refractivity contribution in [2.24, 2.45) is 0 Å². The van der Waals surface area contributed by atoms with Gasteiger partial charge in [-0.25, -0.2) is 0 Å². The summed E-state index contributed by atoms with van der Waals surface area (Å²) in [4.78, 5) is 40.0. The minimum Gasteiger partial charge on any atom is -0.342 e. The van der Waals surface area contributed by atoms with Crippen LogP contribution in [0, 0.1) is 0 Å². The van der Waals surface area contributed by atoms with Crippen molar-refractivity contribution in [1.82, 2.24) is 10.2 Å². The Morgan fingerprint density at radius 3 is 1.71 bits per heavy atom. The molecule has 2 aliphatic rings. The summed E-state index contributed by atoms with van der Waals surface area (Å²) in [5.41, 5.74) is 1.30. The van der Waals surface area contributed by atoms with Crippen molar-refractivity contribution in [1.29, 1.82) is 0 Å². The van der Waals surface area contributed by atoms with Crippen LogP contribution in [0.15, 0.2) is 47.5 Å². The van der Waals surface area contributed by atoms with Crippen molar-refractivity contribution >= 4 is 76.2 Å². The fourth-order valence-corrected chi connectivity index (χ4v) is 4.56. The Balaban J connectivity index is 1.73. The molecule has 2 fully saturated rings. The second-order valence-electron chi connectivity index (χ2n) is 8.44. The van der Waals surface area contributed by atoms with E-state index in [-0.39, 0.29) is 30.7 Å². The molecule has 1 saturated heterocycles. The van der Waals surface area contributed by atoms with Crippen LogP contribution >= 0.6 is 46.4 Å². The monoisotopic (exact) mass is 536 g/mol. The van der Waals surface area contributed by atoms with Crippen LogP contribution in [-0.2, 0) is 14.4 Å². The van der Waals surface area contributed by atoms with Crippen LogP contribution in [0.3, 0.4) is 0 Å². The molecule has 2 aromatic carbocycles. The lowest BCUT2D eigenvalue weighted by Gasteiger charge is -2.33. The Bertz CT molecular complexity index is 1190. The Kier molecular flexibility index (Phi) is 7.11. The third-order valence-corrected chi connectivity index (χ3v) is 7.21. The lowest BCUT2D eigenvalue weighted by molar-refractivity contribution is -0.137. The first kappa shape index (κ1) is 24.8. The summed E-state index contributed by atoms with van der Waals surface area (Å²) in [6.07, 6.45) is 4.52. The first-order valence-corrected chi connectivity index (χ1v) is 12.0. The standard InChI is InChI=1S/C25H20Cl4N2O3/c1-14(32)30-25(6-7-25)24(34)31-12-17(8-15-2-4-19(26)21(28)10-15)23(33)18(13-31)9-16-3-5-20(27)22(29)11-16/h2-5,8-11H,6-7,12-13H2,1H3,(H,30,32)/b17-8+,18-9+. The molecule has 0 unspecified atom stereocenters. The normalized spacial score (nSPS) is 19.4. The second-order valence-corrected chi connectivity index (χ2v) is 10.1. The van der Waals surface area contributed by atoms with Crippen LogP contribution in [0.25, 0.3) is 12.2 Å². The van der Waals surface area contributed by atoms with Crippen molar-refractivity contribution in [3.8, 4) is 0 Å².